The first-order chi connectivity index (χ1) is 15.8. The van der Waals surface area contributed by atoms with Gasteiger partial charge in [-0.25, -0.2) is 0 Å². The maximum Gasteiger partial charge on any atom is 0.255 e. The van der Waals surface area contributed by atoms with Crippen LogP contribution in [0.2, 0.25) is 0 Å². The molecule has 0 spiro atoms. The van der Waals surface area contributed by atoms with Gasteiger partial charge in [0.2, 0.25) is 11.7 Å². The summed E-state index contributed by atoms with van der Waals surface area (Å²) in [6.07, 6.45) is 0.0689. The van der Waals surface area contributed by atoms with E-state index in [1.807, 2.05) is 0 Å². The average molecular weight is 471 g/mol. The molecule has 0 aromatic heterocycles. The zero-order valence-electron chi connectivity index (χ0n) is 18.7. The number of aliphatic hydroxyl groups is 3. The molecule has 34 heavy (non-hydrogen) atoms. The first kappa shape index (κ1) is 23.3. The van der Waals surface area contributed by atoms with Gasteiger partial charge in [-0.1, -0.05) is 0 Å². The highest BCUT2D eigenvalue weighted by atomic mass is 16.3. The molecule has 0 heterocycles. The summed E-state index contributed by atoms with van der Waals surface area (Å²) in [5.41, 5.74) is 2.36. The molecule has 11 heteroatoms. The minimum atomic E-state index is -2.79. The fourth-order valence-electron chi connectivity index (χ4n) is 5.46. The number of hydrogen-bond donors (Lipinski definition) is 6. The molecule has 1 unspecified atom stereocenters. The second-order valence-electron chi connectivity index (χ2n) is 9.08. The fourth-order valence-corrected chi connectivity index (χ4v) is 5.46. The number of aromatic hydroxyl groups is 1. The Hall–Kier alpha value is -3.86. The van der Waals surface area contributed by atoms with Crippen LogP contribution in [0.15, 0.2) is 34.8 Å². The topological polar surface area (TPSA) is 190 Å². The molecule has 7 N–H and O–H groups in total. The van der Waals surface area contributed by atoms with E-state index in [9.17, 15) is 39.6 Å². The lowest BCUT2D eigenvalue weighted by atomic mass is 9.58. The van der Waals surface area contributed by atoms with E-state index in [0.717, 1.165) is 6.92 Å². The second kappa shape index (κ2) is 7.59. The van der Waals surface area contributed by atoms with Crippen molar-refractivity contribution in [2.24, 2.45) is 17.6 Å². The monoisotopic (exact) mass is 471 g/mol. The Balaban J connectivity index is 1.96. The van der Waals surface area contributed by atoms with Gasteiger partial charge < -0.3 is 36.4 Å². The van der Waals surface area contributed by atoms with Crippen LogP contribution in [0.4, 0.5) is 5.69 Å². The van der Waals surface area contributed by atoms with Crippen LogP contribution in [0, 0.1) is 11.8 Å². The Bertz CT molecular complexity index is 1230. The van der Waals surface area contributed by atoms with Gasteiger partial charge in [0.25, 0.3) is 5.91 Å². The molecule has 4 atom stereocenters. The third-order valence-corrected chi connectivity index (χ3v) is 6.90. The summed E-state index contributed by atoms with van der Waals surface area (Å²) in [6, 6.07) is 1.57. The molecule has 0 bridgehead atoms. The molecule has 4 rings (SSSR count). The Morgan fingerprint density at radius 3 is 2.38 bits per heavy atom. The zero-order chi connectivity index (χ0) is 25.3. The van der Waals surface area contributed by atoms with Gasteiger partial charge in [-0.2, -0.15) is 0 Å². The molecule has 0 radical (unpaired) electrons. The van der Waals surface area contributed by atoms with E-state index in [-0.39, 0.29) is 29.7 Å². The van der Waals surface area contributed by atoms with Gasteiger partial charge in [-0.3, -0.25) is 19.2 Å². The lowest BCUT2D eigenvalue weighted by Crippen LogP contribution is -2.64. The van der Waals surface area contributed by atoms with Gasteiger partial charge in [-0.05, 0) is 36.5 Å². The standard InChI is InChI=1S/C23H25N3O8/c1-8(27)25-17-11-7-9-6-10-12(26(2)3)4-5-13(28)15(10)18(29)14(9)20(31)23(11,34)21(32)16(19(17)30)22(24)33/h4-5,9,11,17,28,30-31,34H,6-7H2,1-3H3,(H2,24,33)(H,25,27)/t9-,11-,17?,23-/m0/s1. The van der Waals surface area contributed by atoms with E-state index in [1.165, 1.54) is 6.07 Å². The number of Topliss-reactive ketones (excluding diaryl/α,β-unsaturated/α-hetero) is 2. The largest absolute Gasteiger partial charge is 0.509 e. The number of carbonyl (C=O) groups is 4. The van der Waals surface area contributed by atoms with Crippen LogP contribution in [-0.2, 0) is 20.8 Å². The molecular weight excluding hydrogens is 446 g/mol. The lowest BCUT2D eigenvalue weighted by molar-refractivity contribution is -0.147. The van der Waals surface area contributed by atoms with Crippen LogP contribution in [-0.4, -0.2) is 69.5 Å². The summed E-state index contributed by atoms with van der Waals surface area (Å²) < 4.78 is 0. The number of allylic oxidation sites excluding steroid dienone is 1. The number of benzene rings is 1. The number of phenolic OH excluding ortho intramolecular Hbond substituents is 1. The zero-order valence-corrected chi connectivity index (χ0v) is 18.7. The van der Waals surface area contributed by atoms with Gasteiger partial charge in [0.15, 0.2) is 11.4 Å². The summed E-state index contributed by atoms with van der Waals surface area (Å²) in [5, 5.41) is 46.1. The Kier molecular flexibility index (Phi) is 5.20. The number of rotatable bonds is 3. The van der Waals surface area contributed by atoms with Gasteiger partial charge >= 0.3 is 0 Å². The number of fused-ring (bicyclic) bond motifs is 3. The van der Waals surface area contributed by atoms with E-state index in [0.29, 0.717) is 11.3 Å². The van der Waals surface area contributed by atoms with Crippen molar-refractivity contribution < 1.29 is 39.6 Å². The number of nitrogens with zero attached hydrogens (tertiary/aromatic N) is 1. The number of primary amides is 1. The van der Waals surface area contributed by atoms with Crippen LogP contribution in [0.3, 0.4) is 0 Å². The molecule has 0 saturated heterocycles. The van der Waals surface area contributed by atoms with Gasteiger partial charge in [0.05, 0.1) is 11.6 Å². The van der Waals surface area contributed by atoms with Crippen molar-refractivity contribution in [2.45, 2.75) is 31.4 Å². The third-order valence-electron chi connectivity index (χ3n) is 6.90. The molecule has 0 saturated carbocycles. The minimum absolute atomic E-state index is 0.0544. The quantitative estimate of drug-likeness (QED) is 0.323. The van der Waals surface area contributed by atoms with Crippen molar-refractivity contribution in [1.29, 1.82) is 0 Å². The van der Waals surface area contributed by atoms with Crippen molar-refractivity contribution in [1.82, 2.24) is 5.32 Å². The summed E-state index contributed by atoms with van der Waals surface area (Å²) in [4.78, 5) is 52.2. The number of phenols is 1. The van der Waals surface area contributed by atoms with Crippen LogP contribution in [0.25, 0.3) is 0 Å². The van der Waals surface area contributed by atoms with Crippen molar-refractivity contribution >= 4 is 29.1 Å². The van der Waals surface area contributed by atoms with Crippen LogP contribution >= 0.6 is 0 Å². The van der Waals surface area contributed by atoms with Crippen molar-refractivity contribution in [3.05, 3.63) is 45.9 Å². The predicted molar refractivity (Wildman–Crippen MR) is 118 cm³/mol. The summed E-state index contributed by atoms with van der Waals surface area (Å²) in [6.45, 7) is 1.14. The highest BCUT2D eigenvalue weighted by Crippen LogP contribution is 2.52. The minimum Gasteiger partial charge on any atom is -0.509 e. The summed E-state index contributed by atoms with van der Waals surface area (Å²) in [7, 11) is 3.53. The highest BCUT2D eigenvalue weighted by Gasteiger charge is 2.63. The maximum absolute atomic E-state index is 13.5. The molecule has 3 aliphatic rings. The number of hydrogen-bond acceptors (Lipinski definition) is 9. The predicted octanol–water partition coefficient (Wildman–Crippen LogP) is -0.239. The van der Waals surface area contributed by atoms with E-state index in [1.54, 1.807) is 25.1 Å². The number of carbonyl (C=O) groups excluding carboxylic acids is 4. The molecule has 11 nitrogen and oxygen atoms in total. The summed E-state index contributed by atoms with van der Waals surface area (Å²) >= 11 is 0. The number of amides is 2. The van der Waals surface area contributed by atoms with E-state index in [2.05, 4.69) is 5.32 Å². The number of nitrogens with two attached hydrogens (primary N) is 1. The van der Waals surface area contributed by atoms with E-state index < -0.39 is 64.0 Å². The first-order valence-electron chi connectivity index (χ1n) is 10.6. The lowest BCUT2D eigenvalue weighted by Gasteiger charge is -2.48. The molecule has 2 amide bonds. The number of ketones is 2. The Morgan fingerprint density at radius 2 is 1.82 bits per heavy atom. The second-order valence-corrected chi connectivity index (χ2v) is 9.08. The summed E-state index contributed by atoms with van der Waals surface area (Å²) in [5.74, 6) is -8.24. The van der Waals surface area contributed by atoms with Gasteiger partial charge in [-0.15, -0.1) is 0 Å². The average Bonchev–Trinajstić information content (AvgIpc) is 2.73. The van der Waals surface area contributed by atoms with Crippen molar-refractivity contribution in [2.75, 3.05) is 19.0 Å². The smallest absolute Gasteiger partial charge is 0.255 e. The van der Waals surface area contributed by atoms with E-state index >= 15 is 0 Å². The van der Waals surface area contributed by atoms with Gasteiger partial charge in [0, 0.05) is 38.2 Å². The molecular formula is C23H25N3O8. The van der Waals surface area contributed by atoms with Crippen LogP contribution in [0.5, 0.6) is 5.75 Å². The Labute approximate surface area is 194 Å². The van der Waals surface area contributed by atoms with Crippen LogP contribution in [0.1, 0.15) is 29.3 Å². The molecule has 1 aromatic rings. The fraction of sp³-hybridized carbons (Fsp3) is 0.391. The highest BCUT2D eigenvalue weighted by molar-refractivity contribution is 6.25. The number of nitrogens with one attached hydrogen (secondary N) is 1. The Morgan fingerprint density at radius 1 is 1.18 bits per heavy atom. The molecule has 180 valence electrons. The number of anilines is 1. The van der Waals surface area contributed by atoms with Gasteiger partial charge in [0.1, 0.15) is 22.8 Å². The third kappa shape index (κ3) is 3.00. The molecule has 3 aliphatic carbocycles. The molecule has 0 aliphatic heterocycles. The van der Waals surface area contributed by atoms with Crippen molar-refractivity contribution in [3.63, 3.8) is 0 Å². The number of aliphatic hydroxyl groups excluding tert-OH is 2. The normalized spacial score (nSPS) is 28.2. The van der Waals surface area contributed by atoms with Crippen molar-refractivity contribution in [3.8, 4) is 5.75 Å². The van der Waals surface area contributed by atoms with Crippen LogP contribution < -0.4 is 16.0 Å². The van der Waals surface area contributed by atoms with E-state index in [4.69, 9.17) is 5.73 Å². The molecule has 0 fully saturated rings. The maximum atomic E-state index is 13.5. The molecule has 1 aromatic carbocycles. The SMILES string of the molecule is CC(=O)NC1C(O)=C(C(N)=O)C(=O)[C@@]2(O)C(O)=C3C(=O)c4c(O)ccc(N(C)C)c4C[C@H]3C[C@@H]12. The first-order valence-corrected chi connectivity index (χ1v) is 10.6.